The summed E-state index contributed by atoms with van der Waals surface area (Å²) in [5.41, 5.74) is 7.49. The highest BCUT2D eigenvalue weighted by molar-refractivity contribution is 7.84. The monoisotopic (exact) mass is 309 g/mol. The molecule has 0 bridgehead atoms. The van der Waals surface area contributed by atoms with Crippen molar-refractivity contribution in [2.24, 2.45) is 5.73 Å². The van der Waals surface area contributed by atoms with E-state index in [2.05, 4.69) is 0 Å². The summed E-state index contributed by atoms with van der Waals surface area (Å²) in [5.74, 6) is 1.12. The molecule has 0 amide bonds. The molecule has 0 saturated heterocycles. The van der Waals surface area contributed by atoms with Gasteiger partial charge >= 0.3 is 0 Å². The lowest BCUT2D eigenvalue weighted by molar-refractivity contribution is 0.409. The van der Waals surface area contributed by atoms with Crippen LogP contribution in [0, 0.1) is 0 Å². The van der Waals surface area contributed by atoms with Gasteiger partial charge in [-0.1, -0.05) is 35.9 Å². The molecule has 0 fully saturated rings. The fraction of sp³-hybridized carbons (Fsp3) is 0.200. The van der Waals surface area contributed by atoms with Gasteiger partial charge in [-0.15, -0.1) is 0 Å². The van der Waals surface area contributed by atoms with Gasteiger partial charge in [0.25, 0.3) is 0 Å². The second-order valence-corrected chi connectivity index (χ2v) is 6.10. The Kier molecular flexibility index (Phi) is 5.17. The van der Waals surface area contributed by atoms with E-state index in [1.165, 1.54) is 0 Å². The van der Waals surface area contributed by atoms with Crippen LogP contribution in [0.3, 0.4) is 0 Å². The molecule has 1 atom stereocenters. The fourth-order valence-electron chi connectivity index (χ4n) is 1.91. The summed E-state index contributed by atoms with van der Waals surface area (Å²) in [4.78, 5) is 0.649. The standard InChI is InChI=1S/C15H16ClNO2S/c1-19-14-8-11(6-7-12(14)9-17)10-20(18)15-5-3-2-4-13(15)16/h2-8H,9-10,17H2,1H3. The minimum absolute atomic E-state index is 0.394. The molecule has 106 valence electrons. The van der Waals surface area contributed by atoms with Crippen LogP contribution in [0.5, 0.6) is 5.75 Å². The Bertz CT molecular complexity index is 631. The molecule has 2 aromatic carbocycles. The van der Waals surface area contributed by atoms with Crippen molar-refractivity contribution in [3.8, 4) is 5.75 Å². The van der Waals surface area contributed by atoms with E-state index in [4.69, 9.17) is 22.1 Å². The van der Waals surface area contributed by atoms with Gasteiger partial charge in [0.1, 0.15) is 5.75 Å². The first-order valence-corrected chi connectivity index (χ1v) is 7.84. The van der Waals surface area contributed by atoms with Crippen LogP contribution >= 0.6 is 11.6 Å². The van der Waals surface area contributed by atoms with Gasteiger partial charge in [0.15, 0.2) is 0 Å². The van der Waals surface area contributed by atoms with E-state index in [0.717, 1.165) is 16.9 Å². The molecule has 3 nitrogen and oxygen atoms in total. The van der Waals surface area contributed by atoms with Gasteiger partial charge in [0.05, 0.1) is 33.6 Å². The lowest BCUT2D eigenvalue weighted by Gasteiger charge is -2.10. The number of methoxy groups -OCH3 is 1. The van der Waals surface area contributed by atoms with Crippen LogP contribution in [0.15, 0.2) is 47.4 Å². The van der Waals surface area contributed by atoms with Crippen LogP contribution in [0.2, 0.25) is 5.02 Å². The maximum Gasteiger partial charge on any atom is 0.123 e. The van der Waals surface area contributed by atoms with Gasteiger partial charge in [0.2, 0.25) is 0 Å². The van der Waals surface area contributed by atoms with Crippen molar-refractivity contribution in [1.82, 2.24) is 0 Å². The summed E-state index contributed by atoms with van der Waals surface area (Å²) in [7, 11) is 0.417. The summed E-state index contributed by atoms with van der Waals surface area (Å²) < 4.78 is 17.6. The van der Waals surface area contributed by atoms with Crippen molar-refractivity contribution in [2.45, 2.75) is 17.2 Å². The largest absolute Gasteiger partial charge is 0.496 e. The fourth-order valence-corrected chi connectivity index (χ4v) is 3.45. The first kappa shape index (κ1) is 15.0. The van der Waals surface area contributed by atoms with Crippen molar-refractivity contribution < 1.29 is 8.95 Å². The number of hydrogen-bond acceptors (Lipinski definition) is 3. The van der Waals surface area contributed by atoms with Crippen molar-refractivity contribution in [3.63, 3.8) is 0 Å². The minimum atomic E-state index is -1.18. The zero-order chi connectivity index (χ0) is 14.5. The predicted octanol–water partition coefficient (Wildman–Crippen LogP) is 3.12. The van der Waals surface area contributed by atoms with Crippen LogP contribution in [-0.4, -0.2) is 11.3 Å². The third-order valence-corrected chi connectivity index (χ3v) is 4.83. The first-order valence-electron chi connectivity index (χ1n) is 6.14. The van der Waals surface area contributed by atoms with E-state index in [0.29, 0.717) is 22.2 Å². The third-order valence-electron chi connectivity index (χ3n) is 2.95. The lowest BCUT2D eigenvalue weighted by Crippen LogP contribution is -2.02. The van der Waals surface area contributed by atoms with E-state index in [1.807, 2.05) is 30.3 Å². The molecule has 0 saturated carbocycles. The molecule has 0 aromatic heterocycles. The summed E-state index contributed by atoms with van der Waals surface area (Å²) in [6.45, 7) is 0.414. The molecular weight excluding hydrogens is 294 g/mol. The van der Waals surface area contributed by atoms with Crippen LogP contribution in [0.1, 0.15) is 11.1 Å². The van der Waals surface area contributed by atoms with Gasteiger partial charge in [0, 0.05) is 12.1 Å². The molecule has 2 rings (SSSR count). The zero-order valence-electron chi connectivity index (χ0n) is 11.1. The Labute approximate surface area is 126 Å². The summed E-state index contributed by atoms with van der Waals surface area (Å²) in [6, 6.07) is 12.9. The summed E-state index contributed by atoms with van der Waals surface area (Å²) in [5, 5.41) is 0.524. The van der Waals surface area contributed by atoms with Gasteiger partial charge in [-0.25, -0.2) is 0 Å². The smallest absolute Gasteiger partial charge is 0.123 e. The van der Waals surface area contributed by atoms with Gasteiger partial charge in [-0.2, -0.15) is 0 Å². The number of hydrogen-bond donors (Lipinski definition) is 1. The van der Waals surface area contributed by atoms with Gasteiger partial charge < -0.3 is 10.5 Å². The Hall–Kier alpha value is -1.36. The van der Waals surface area contributed by atoms with Crippen LogP contribution in [0.25, 0.3) is 0 Å². The normalized spacial score (nSPS) is 12.2. The van der Waals surface area contributed by atoms with Crippen molar-refractivity contribution in [1.29, 1.82) is 0 Å². The molecule has 5 heteroatoms. The molecule has 0 spiro atoms. The van der Waals surface area contributed by atoms with Crippen molar-refractivity contribution >= 4 is 22.4 Å². The van der Waals surface area contributed by atoms with E-state index in [1.54, 1.807) is 19.2 Å². The average Bonchev–Trinajstić information content (AvgIpc) is 2.47. The van der Waals surface area contributed by atoms with Gasteiger partial charge in [-0.3, -0.25) is 4.21 Å². The van der Waals surface area contributed by atoms with Crippen LogP contribution in [0.4, 0.5) is 0 Å². The topological polar surface area (TPSA) is 52.3 Å². The molecule has 2 N–H and O–H groups in total. The van der Waals surface area contributed by atoms with E-state index < -0.39 is 10.8 Å². The van der Waals surface area contributed by atoms with Crippen LogP contribution in [-0.2, 0) is 23.1 Å². The average molecular weight is 310 g/mol. The first-order chi connectivity index (χ1) is 9.65. The highest BCUT2D eigenvalue weighted by atomic mass is 35.5. The third kappa shape index (κ3) is 3.39. The molecule has 0 aliphatic heterocycles. The van der Waals surface area contributed by atoms with Crippen molar-refractivity contribution in [2.75, 3.05) is 7.11 Å². The summed E-state index contributed by atoms with van der Waals surface area (Å²) in [6.07, 6.45) is 0. The molecule has 0 aliphatic rings. The number of halogens is 1. The lowest BCUT2D eigenvalue weighted by atomic mass is 10.1. The molecule has 2 aromatic rings. The second kappa shape index (κ2) is 6.88. The molecule has 1 unspecified atom stereocenters. The summed E-state index contributed by atoms with van der Waals surface area (Å²) >= 11 is 6.06. The maximum atomic E-state index is 12.4. The maximum absolute atomic E-state index is 12.4. The van der Waals surface area contributed by atoms with E-state index in [9.17, 15) is 4.21 Å². The van der Waals surface area contributed by atoms with Crippen molar-refractivity contribution in [3.05, 3.63) is 58.6 Å². The highest BCUT2D eigenvalue weighted by Gasteiger charge is 2.10. The second-order valence-electron chi connectivity index (χ2n) is 4.27. The quantitative estimate of drug-likeness (QED) is 0.923. The van der Waals surface area contributed by atoms with Gasteiger partial charge in [-0.05, 0) is 23.8 Å². The van der Waals surface area contributed by atoms with E-state index in [-0.39, 0.29) is 0 Å². The van der Waals surface area contributed by atoms with E-state index >= 15 is 0 Å². The molecular formula is C15H16ClNO2S. The number of benzene rings is 2. The number of nitrogens with two attached hydrogens (primary N) is 1. The zero-order valence-corrected chi connectivity index (χ0v) is 12.7. The highest BCUT2D eigenvalue weighted by Crippen LogP contribution is 2.24. The number of ether oxygens (including phenoxy) is 1. The Morgan fingerprint density at radius 2 is 2.00 bits per heavy atom. The SMILES string of the molecule is COc1cc(CS(=O)c2ccccc2Cl)ccc1CN. The molecule has 0 radical (unpaired) electrons. The Morgan fingerprint density at radius 1 is 1.25 bits per heavy atom. The molecule has 0 heterocycles. The molecule has 0 aliphatic carbocycles. The number of rotatable bonds is 5. The Morgan fingerprint density at radius 3 is 2.65 bits per heavy atom. The minimum Gasteiger partial charge on any atom is -0.496 e. The predicted molar refractivity (Wildman–Crippen MR) is 82.4 cm³/mol. The van der Waals surface area contributed by atoms with Crippen LogP contribution < -0.4 is 10.5 Å². The Balaban J connectivity index is 2.22. The molecule has 20 heavy (non-hydrogen) atoms.